The van der Waals surface area contributed by atoms with Gasteiger partial charge in [-0.05, 0) is 12.1 Å². The van der Waals surface area contributed by atoms with E-state index in [4.69, 9.17) is 10.8 Å². The fourth-order valence-electron chi connectivity index (χ4n) is 3.02. The summed E-state index contributed by atoms with van der Waals surface area (Å²) in [5.41, 5.74) is 3.79. The topological polar surface area (TPSA) is 63.6 Å². The predicted octanol–water partition coefficient (Wildman–Crippen LogP) is 3.11. The third-order valence-corrected chi connectivity index (χ3v) is 4.22. The number of aromatic nitrogens is 1. The molecular weight excluding hydrogens is 286 g/mol. The van der Waals surface area contributed by atoms with E-state index in [9.17, 15) is 0 Å². The van der Waals surface area contributed by atoms with Crippen LogP contribution in [-0.4, -0.2) is 21.6 Å². The molecule has 0 aliphatic carbocycles. The van der Waals surface area contributed by atoms with E-state index in [1.807, 2.05) is 36.7 Å². The van der Waals surface area contributed by atoms with Gasteiger partial charge in [0.25, 0.3) is 5.84 Å². The summed E-state index contributed by atoms with van der Waals surface area (Å²) < 4.78 is 0.0526. The molecule has 0 radical (unpaired) electrons. The van der Waals surface area contributed by atoms with E-state index in [2.05, 4.69) is 29.9 Å². The molecule has 0 fully saturated rings. The van der Waals surface area contributed by atoms with Crippen LogP contribution in [0.2, 0.25) is 0 Å². The Balaban J connectivity index is 1.89. The first-order valence-corrected chi connectivity index (χ1v) is 7.67. The first kappa shape index (κ1) is 14.0. The van der Waals surface area contributed by atoms with Crippen molar-refractivity contribution < 1.29 is 4.59 Å². The highest BCUT2D eigenvalue weighted by Gasteiger charge is 2.44. The number of hydrogen-bond donors (Lipinski definition) is 1. The minimum Gasteiger partial charge on any atom is -0.255 e. The number of nitrogens with two attached hydrogens (primary N) is 1. The molecule has 1 aromatic carbocycles. The van der Waals surface area contributed by atoms with Crippen LogP contribution in [0.5, 0.6) is 0 Å². The molecule has 2 aromatic rings. The van der Waals surface area contributed by atoms with Crippen LogP contribution in [0, 0.1) is 5.92 Å². The maximum absolute atomic E-state index is 6.66. The summed E-state index contributed by atoms with van der Waals surface area (Å²) in [6.07, 6.45) is 7.23. The largest absolute Gasteiger partial charge is 0.266 e. The second kappa shape index (κ2) is 4.94. The van der Waals surface area contributed by atoms with Gasteiger partial charge in [-0.25, -0.2) is 0 Å². The van der Waals surface area contributed by atoms with Gasteiger partial charge in [0, 0.05) is 17.5 Å². The van der Waals surface area contributed by atoms with E-state index in [1.54, 1.807) is 12.4 Å². The molecule has 4 rings (SSSR count). The van der Waals surface area contributed by atoms with Crippen molar-refractivity contribution in [1.82, 2.24) is 4.98 Å². The number of rotatable bonds is 2. The number of quaternary nitrogens is 1. The van der Waals surface area contributed by atoms with Gasteiger partial charge in [0.1, 0.15) is 11.9 Å². The second-order valence-corrected chi connectivity index (χ2v) is 6.13. The molecule has 1 aromatic heterocycles. The molecule has 0 bridgehead atoms. The Morgan fingerprint density at radius 2 is 2.00 bits per heavy atom. The minimum absolute atomic E-state index is 0.0526. The molecule has 0 saturated heterocycles. The Labute approximate surface area is 134 Å². The quantitative estimate of drug-likeness (QED) is 0.684. The van der Waals surface area contributed by atoms with Crippen molar-refractivity contribution in [3.8, 4) is 0 Å². The van der Waals surface area contributed by atoms with Crippen molar-refractivity contribution in [3.05, 3.63) is 65.9 Å². The zero-order chi connectivity index (χ0) is 16.0. The van der Waals surface area contributed by atoms with Crippen LogP contribution in [0.4, 0.5) is 0 Å². The van der Waals surface area contributed by atoms with Crippen LogP contribution in [0.25, 0.3) is 10.9 Å². The van der Waals surface area contributed by atoms with Crippen molar-refractivity contribution in [3.63, 3.8) is 0 Å². The molecule has 2 aliphatic heterocycles. The molecule has 23 heavy (non-hydrogen) atoms. The molecular formula is C18H18N5+. The van der Waals surface area contributed by atoms with Gasteiger partial charge in [-0.2, -0.15) is 10.8 Å². The summed E-state index contributed by atoms with van der Waals surface area (Å²) in [6.45, 7) is 4.23. The van der Waals surface area contributed by atoms with Crippen molar-refractivity contribution in [2.75, 3.05) is 0 Å². The van der Waals surface area contributed by atoms with Crippen LogP contribution >= 0.6 is 0 Å². The van der Waals surface area contributed by atoms with Gasteiger partial charge in [0.05, 0.1) is 23.5 Å². The van der Waals surface area contributed by atoms with Crippen molar-refractivity contribution in [2.24, 2.45) is 21.7 Å². The minimum atomic E-state index is 0.0526. The Kier molecular flexibility index (Phi) is 3.01. The number of nitrogens with zero attached hydrogens (tertiary/aromatic N) is 4. The number of allylic oxidation sites excluding steroid dienone is 2. The first-order valence-electron chi connectivity index (χ1n) is 7.67. The molecule has 0 spiro atoms. The van der Waals surface area contributed by atoms with E-state index < -0.39 is 0 Å². The summed E-state index contributed by atoms with van der Waals surface area (Å²) >= 11 is 0. The molecule has 0 saturated carbocycles. The number of fused-ring (bicyclic) bond motifs is 2. The van der Waals surface area contributed by atoms with E-state index in [-0.39, 0.29) is 10.5 Å². The van der Waals surface area contributed by atoms with E-state index in [0.29, 0.717) is 0 Å². The molecule has 1 atom stereocenters. The molecule has 2 aliphatic rings. The standard InChI is InChI=1S/C18H18N5/c1-12(2)17-16-11-20-7-8-23(16,19)18(22-17)14-9-13-5-3-4-6-15(13)21-10-14/h3-12H,19H2,1-2H3/q+1. The summed E-state index contributed by atoms with van der Waals surface area (Å²) in [7, 11) is 0. The van der Waals surface area contributed by atoms with Crippen LogP contribution < -0.4 is 5.84 Å². The van der Waals surface area contributed by atoms with Gasteiger partial charge >= 0.3 is 0 Å². The highest BCUT2D eigenvalue weighted by Crippen LogP contribution is 2.34. The van der Waals surface area contributed by atoms with Crippen LogP contribution in [0.1, 0.15) is 19.4 Å². The lowest BCUT2D eigenvalue weighted by atomic mass is 10.1. The maximum Gasteiger partial charge on any atom is 0.266 e. The fourth-order valence-corrected chi connectivity index (χ4v) is 3.02. The van der Waals surface area contributed by atoms with Gasteiger partial charge in [0.15, 0.2) is 0 Å². The van der Waals surface area contributed by atoms with Crippen LogP contribution in [0.15, 0.2) is 70.3 Å². The Hall–Kier alpha value is -2.63. The summed E-state index contributed by atoms with van der Waals surface area (Å²) in [4.78, 5) is 13.6. The Morgan fingerprint density at radius 1 is 1.17 bits per heavy atom. The predicted molar refractivity (Wildman–Crippen MR) is 92.2 cm³/mol. The van der Waals surface area contributed by atoms with Gasteiger partial charge in [0.2, 0.25) is 5.70 Å². The second-order valence-electron chi connectivity index (χ2n) is 6.13. The zero-order valence-corrected chi connectivity index (χ0v) is 13.1. The monoisotopic (exact) mass is 304 g/mol. The zero-order valence-electron chi connectivity index (χ0n) is 13.1. The Morgan fingerprint density at radius 3 is 2.83 bits per heavy atom. The normalized spacial score (nSPS) is 22.9. The van der Waals surface area contributed by atoms with Gasteiger partial charge in [-0.15, -0.1) is 4.59 Å². The van der Waals surface area contributed by atoms with E-state index in [0.717, 1.165) is 33.7 Å². The average molecular weight is 304 g/mol. The summed E-state index contributed by atoms with van der Waals surface area (Å²) in [6, 6.07) is 10.1. The molecule has 1 unspecified atom stereocenters. The maximum atomic E-state index is 6.66. The highest BCUT2D eigenvalue weighted by atomic mass is 15.6. The van der Waals surface area contributed by atoms with Gasteiger partial charge in [-0.3, -0.25) is 9.98 Å². The number of para-hydroxylation sites is 1. The lowest BCUT2D eigenvalue weighted by Crippen LogP contribution is -2.53. The third-order valence-electron chi connectivity index (χ3n) is 4.22. The number of pyridine rings is 1. The van der Waals surface area contributed by atoms with Crippen LogP contribution in [-0.2, 0) is 0 Å². The summed E-state index contributed by atoms with van der Waals surface area (Å²) in [5, 5.41) is 1.08. The molecule has 114 valence electrons. The summed E-state index contributed by atoms with van der Waals surface area (Å²) in [5.74, 6) is 7.71. The molecule has 0 amide bonds. The smallest absolute Gasteiger partial charge is 0.255 e. The molecule has 2 N–H and O–H groups in total. The number of benzene rings is 1. The van der Waals surface area contributed by atoms with Crippen molar-refractivity contribution in [2.45, 2.75) is 13.8 Å². The lowest BCUT2D eigenvalue weighted by Gasteiger charge is -2.26. The van der Waals surface area contributed by atoms with E-state index >= 15 is 0 Å². The third kappa shape index (κ3) is 2.05. The molecule has 3 heterocycles. The van der Waals surface area contributed by atoms with Gasteiger partial charge < -0.3 is 0 Å². The fraction of sp³-hybridized carbons (Fsp3) is 0.167. The number of amidine groups is 1. The molecule has 5 nitrogen and oxygen atoms in total. The number of hydrogen-bond acceptors (Lipinski definition) is 4. The van der Waals surface area contributed by atoms with Crippen LogP contribution in [0.3, 0.4) is 0 Å². The average Bonchev–Trinajstić information content (AvgIpc) is 2.87. The van der Waals surface area contributed by atoms with Crippen molar-refractivity contribution >= 4 is 23.0 Å². The molecule has 5 heteroatoms. The lowest BCUT2D eigenvalue weighted by molar-refractivity contribution is -0.750. The first-order chi connectivity index (χ1) is 11.1. The number of aliphatic imine (C=N–C) groups is 2. The van der Waals surface area contributed by atoms with Crippen molar-refractivity contribution in [1.29, 1.82) is 0 Å². The SMILES string of the molecule is CC(C)C1=C2C=NC=C[N+]2(N)C(c2cnc3ccccc3c2)=N1. The van der Waals surface area contributed by atoms with E-state index in [1.165, 1.54) is 0 Å². The highest BCUT2D eigenvalue weighted by molar-refractivity contribution is 6.02. The Bertz CT molecular complexity index is 920. The van der Waals surface area contributed by atoms with Gasteiger partial charge in [-0.1, -0.05) is 32.0 Å².